The molecule has 1 amide bonds. The largest absolute Gasteiger partial charge is 0.481 e. The number of fused-ring (bicyclic) bond motifs is 1. The number of carboxylic acid groups (broad SMARTS) is 1. The van der Waals surface area contributed by atoms with Gasteiger partial charge in [0.2, 0.25) is 0 Å². The van der Waals surface area contributed by atoms with E-state index < -0.39 is 11.9 Å². The van der Waals surface area contributed by atoms with Crippen molar-refractivity contribution < 1.29 is 14.7 Å². The molecule has 0 radical (unpaired) electrons. The zero-order chi connectivity index (χ0) is 13.4. The van der Waals surface area contributed by atoms with Crippen LogP contribution in [0.5, 0.6) is 0 Å². The molecule has 1 atom stereocenters. The molecule has 0 spiro atoms. The van der Waals surface area contributed by atoms with E-state index in [-0.39, 0.29) is 18.1 Å². The van der Waals surface area contributed by atoms with E-state index in [9.17, 15) is 14.7 Å². The Morgan fingerprint density at radius 3 is 2.84 bits per heavy atom. The molecular formula is C12H9N3O3S. The van der Waals surface area contributed by atoms with Gasteiger partial charge in [-0.1, -0.05) is 22.7 Å². The Hall–Kier alpha value is -2.28. The summed E-state index contributed by atoms with van der Waals surface area (Å²) in [6.45, 7) is 0.130. The van der Waals surface area contributed by atoms with Crippen molar-refractivity contribution in [3.8, 4) is 0 Å². The lowest BCUT2D eigenvalue weighted by Crippen LogP contribution is -2.31. The molecule has 1 aromatic carbocycles. The fraction of sp³-hybridized carbons (Fsp3) is 0.167. The predicted molar refractivity (Wildman–Crippen MR) is 68.4 cm³/mol. The number of amides is 1. The van der Waals surface area contributed by atoms with Crippen molar-refractivity contribution in [2.75, 3.05) is 11.4 Å². The van der Waals surface area contributed by atoms with E-state index in [0.717, 1.165) is 11.5 Å². The van der Waals surface area contributed by atoms with Crippen molar-refractivity contribution in [2.45, 2.75) is 5.92 Å². The maximum atomic E-state index is 12.3. The lowest BCUT2D eigenvalue weighted by atomic mass is 10.0. The van der Waals surface area contributed by atoms with Crippen LogP contribution in [0.3, 0.4) is 0 Å². The van der Waals surface area contributed by atoms with E-state index in [1.807, 2.05) is 0 Å². The maximum absolute atomic E-state index is 12.3. The Morgan fingerprint density at radius 1 is 1.37 bits per heavy atom. The first-order chi connectivity index (χ1) is 9.18. The summed E-state index contributed by atoms with van der Waals surface area (Å²) in [5.41, 5.74) is 1.53. The molecule has 96 valence electrons. The Labute approximate surface area is 112 Å². The van der Waals surface area contributed by atoms with Crippen LogP contribution in [0.15, 0.2) is 29.6 Å². The lowest BCUT2D eigenvalue weighted by Gasteiger charge is -2.15. The van der Waals surface area contributed by atoms with Crippen molar-refractivity contribution in [1.82, 2.24) is 9.59 Å². The van der Waals surface area contributed by atoms with Gasteiger partial charge in [-0.15, -0.1) is 5.10 Å². The molecule has 1 unspecified atom stereocenters. The van der Waals surface area contributed by atoms with Gasteiger partial charge in [-0.2, -0.15) is 0 Å². The van der Waals surface area contributed by atoms with Crippen LogP contribution in [0.1, 0.15) is 22.0 Å². The standard InChI is InChI=1S/C12H9N3O3S/c16-11(9-6-19-14-13-9)15-5-8(12(17)18)7-3-1-2-4-10(7)15/h1-4,6,8H,5H2,(H,17,18). The number of aromatic nitrogens is 2. The van der Waals surface area contributed by atoms with E-state index in [1.165, 1.54) is 4.90 Å². The Kier molecular flexibility index (Phi) is 2.75. The fourth-order valence-electron chi connectivity index (χ4n) is 2.21. The highest BCUT2D eigenvalue weighted by Crippen LogP contribution is 2.36. The van der Waals surface area contributed by atoms with Gasteiger partial charge in [0.05, 0.1) is 0 Å². The number of hydrogen-bond acceptors (Lipinski definition) is 5. The zero-order valence-electron chi connectivity index (χ0n) is 9.68. The molecule has 6 nitrogen and oxygen atoms in total. The van der Waals surface area contributed by atoms with E-state index in [1.54, 1.807) is 29.6 Å². The van der Waals surface area contributed by atoms with Crippen LogP contribution < -0.4 is 4.90 Å². The van der Waals surface area contributed by atoms with Crippen LogP contribution >= 0.6 is 11.5 Å². The van der Waals surface area contributed by atoms with E-state index >= 15 is 0 Å². The van der Waals surface area contributed by atoms with Crippen LogP contribution in [-0.2, 0) is 4.79 Å². The lowest BCUT2D eigenvalue weighted by molar-refractivity contribution is -0.138. The molecule has 0 bridgehead atoms. The highest BCUT2D eigenvalue weighted by Gasteiger charge is 2.37. The number of nitrogens with zero attached hydrogens (tertiary/aromatic N) is 3. The molecule has 1 aliphatic rings. The molecule has 1 aromatic heterocycles. The third-order valence-electron chi connectivity index (χ3n) is 3.09. The van der Waals surface area contributed by atoms with Crippen molar-refractivity contribution in [3.63, 3.8) is 0 Å². The van der Waals surface area contributed by atoms with Gasteiger partial charge in [-0.25, -0.2) is 0 Å². The highest BCUT2D eigenvalue weighted by molar-refractivity contribution is 7.03. The molecule has 0 saturated heterocycles. The Balaban J connectivity index is 2.01. The summed E-state index contributed by atoms with van der Waals surface area (Å²) in [6.07, 6.45) is 0. The number of benzene rings is 1. The van der Waals surface area contributed by atoms with Crippen molar-refractivity contribution in [1.29, 1.82) is 0 Å². The summed E-state index contributed by atoms with van der Waals surface area (Å²) in [5, 5.41) is 14.5. The minimum Gasteiger partial charge on any atom is -0.481 e. The van der Waals surface area contributed by atoms with Crippen molar-refractivity contribution in [2.24, 2.45) is 0 Å². The molecule has 2 heterocycles. The number of anilines is 1. The number of para-hydroxylation sites is 1. The van der Waals surface area contributed by atoms with Crippen LogP contribution in [0.2, 0.25) is 0 Å². The van der Waals surface area contributed by atoms with E-state index in [2.05, 4.69) is 9.59 Å². The van der Waals surface area contributed by atoms with E-state index in [0.29, 0.717) is 11.3 Å². The SMILES string of the molecule is O=C(O)C1CN(C(=O)c2csnn2)c2ccccc21. The van der Waals surface area contributed by atoms with E-state index in [4.69, 9.17) is 0 Å². The second-order valence-electron chi connectivity index (χ2n) is 4.16. The predicted octanol–water partition coefficient (Wildman–Crippen LogP) is 1.37. The number of carbonyl (C=O) groups is 2. The number of rotatable bonds is 2. The Morgan fingerprint density at radius 2 is 2.16 bits per heavy atom. The fourth-order valence-corrected chi connectivity index (χ4v) is 2.64. The van der Waals surface area contributed by atoms with Crippen LogP contribution in [0.25, 0.3) is 0 Å². The molecular weight excluding hydrogens is 266 g/mol. The molecule has 0 saturated carbocycles. The summed E-state index contributed by atoms with van der Waals surface area (Å²) in [7, 11) is 0. The van der Waals surface area contributed by atoms with Gasteiger partial charge in [-0.05, 0) is 23.2 Å². The third kappa shape index (κ3) is 1.88. The summed E-state index contributed by atoms with van der Waals surface area (Å²) in [5.74, 6) is -1.93. The summed E-state index contributed by atoms with van der Waals surface area (Å²) in [6, 6.07) is 7.03. The molecule has 1 aliphatic heterocycles. The molecule has 1 N–H and O–H groups in total. The Bertz CT molecular complexity index is 641. The van der Waals surface area contributed by atoms with Crippen LogP contribution in [-0.4, -0.2) is 33.1 Å². The topological polar surface area (TPSA) is 83.4 Å². The second kappa shape index (κ2) is 4.43. The summed E-state index contributed by atoms with van der Waals surface area (Å²) < 4.78 is 3.65. The van der Waals surface area contributed by atoms with Gasteiger partial charge < -0.3 is 10.0 Å². The molecule has 0 fully saturated rings. The molecule has 7 heteroatoms. The quantitative estimate of drug-likeness (QED) is 0.894. The van der Waals surface area contributed by atoms with Gasteiger partial charge in [0.25, 0.3) is 5.91 Å². The number of carboxylic acids is 1. The monoisotopic (exact) mass is 275 g/mol. The van der Waals surface area contributed by atoms with Gasteiger partial charge in [-0.3, -0.25) is 9.59 Å². The summed E-state index contributed by atoms with van der Waals surface area (Å²) >= 11 is 1.09. The third-order valence-corrected chi connectivity index (χ3v) is 3.60. The summed E-state index contributed by atoms with van der Waals surface area (Å²) in [4.78, 5) is 25.0. The highest BCUT2D eigenvalue weighted by atomic mass is 32.1. The average Bonchev–Trinajstić information content (AvgIpc) is 3.05. The first-order valence-electron chi connectivity index (χ1n) is 5.59. The smallest absolute Gasteiger partial charge is 0.312 e. The van der Waals surface area contributed by atoms with Gasteiger partial charge in [0.1, 0.15) is 5.92 Å². The normalized spacial score (nSPS) is 17.3. The maximum Gasteiger partial charge on any atom is 0.312 e. The number of hydrogen-bond donors (Lipinski definition) is 1. The van der Waals surface area contributed by atoms with Gasteiger partial charge in [0, 0.05) is 17.6 Å². The van der Waals surface area contributed by atoms with Gasteiger partial charge in [0.15, 0.2) is 5.69 Å². The minimum absolute atomic E-state index is 0.130. The molecule has 2 aromatic rings. The van der Waals surface area contributed by atoms with Gasteiger partial charge >= 0.3 is 5.97 Å². The second-order valence-corrected chi connectivity index (χ2v) is 4.77. The zero-order valence-corrected chi connectivity index (χ0v) is 10.5. The minimum atomic E-state index is -0.931. The van der Waals surface area contributed by atoms with Crippen molar-refractivity contribution in [3.05, 3.63) is 40.9 Å². The molecule has 0 aliphatic carbocycles. The average molecular weight is 275 g/mol. The first kappa shape index (κ1) is 11.8. The van der Waals surface area contributed by atoms with Crippen LogP contribution in [0.4, 0.5) is 5.69 Å². The first-order valence-corrected chi connectivity index (χ1v) is 6.43. The van der Waals surface area contributed by atoms with Crippen LogP contribution in [0, 0.1) is 0 Å². The van der Waals surface area contributed by atoms with Crippen molar-refractivity contribution >= 4 is 29.1 Å². The number of aliphatic carboxylic acids is 1. The molecule has 3 rings (SSSR count). The molecule has 19 heavy (non-hydrogen) atoms. The number of carbonyl (C=O) groups excluding carboxylic acids is 1.